The van der Waals surface area contributed by atoms with Gasteiger partial charge in [-0.15, -0.1) is 11.3 Å². The molecule has 3 rings (SSSR count). The average molecular weight is 397 g/mol. The second-order valence-electron chi connectivity index (χ2n) is 5.70. The van der Waals surface area contributed by atoms with Crippen molar-refractivity contribution in [2.24, 2.45) is 0 Å². The molecule has 0 spiro atoms. The number of nitrogens with one attached hydrogen (secondary N) is 1. The predicted octanol–water partition coefficient (Wildman–Crippen LogP) is 3.33. The highest BCUT2D eigenvalue weighted by atomic mass is 32.1. The third kappa shape index (κ3) is 5.37. The molecule has 8 heteroatoms. The Hall–Kier alpha value is -3.26. The number of carbonyl (C=O) groups is 2. The van der Waals surface area contributed by atoms with E-state index in [-0.39, 0.29) is 13.0 Å². The Bertz CT molecular complexity index is 943. The molecule has 1 aromatic carbocycles. The zero-order valence-electron chi connectivity index (χ0n) is 15.3. The van der Waals surface area contributed by atoms with Crippen LogP contribution in [-0.2, 0) is 20.7 Å². The lowest BCUT2D eigenvalue weighted by molar-refractivity contribution is -0.146. The Balaban J connectivity index is 1.49. The van der Waals surface area contributed by atoms with Gasteiger partial charge in [0, 0.05) is 23.3 Å². The molecule has 2 heterocycles. The van der Waals surface area contributed by atoms with E-state index < -0.39 is 11.9 Å². The third-order valence-corrected chi connectivity index (χ3v) is 4.55. The second-order valence-corrected chi connectivity index (χ2v) is 6.56. The van der Waals surface area contributed by atoms with Gasteiger partial charge in [-0.25, -0.2) is 4.98 Å². The molecule has 0 atom stereocenters. The maximum absolute atomic E-state index is 12.1. The van der Waals surface area contributed by atoms with E-state index >= 15 is 0 Å². The molecule has 0 aliphatic rings. The van der Waals surface area contributed by atoms with Crippen LogP contribution in [0.3, 0.4) is 0 Å². The van der Waals surface area contributed by atoms with Crippen molar-refractivity contribution in [1.29, 1.82) is 0 Å². The van der Waals surface area contributed by atoms with E-state index in [0.717, 1.165) is 10.6 Å². The van der Waals surface area contributed by atoms with E-state index in [1.54, 1.807) is 36.0 Å². The number of para-hydroxylation sites is 2. The minimum Gasteiger partial charge on any atom is -0.492 e. The van der Waals surface area contributed by atoms with Crippen LogP contribution in [0.2, 0.25) is 0 Å². The number of esters is 1. The first-order valence-electron chi connectivity index (χ1n) is 8.68. The second kappa shape index (κ2) is 9.61. The van der Waals surface area contributed by atoms with E-state index in [4.69, 9.17) is 9.47 Å². The average Bonchev–Trinajstić information content (AvgIpc) is 3.17. The number of benzene rings is 1. The number of thiazole rings is 1. The molecule has 3 aromatic rings. The van der Waals surface area contributed by atoms with Crippen molar-refractivity contribution in [1.82, 2.24) is 9.97 Å². The first-order chi connectivity index (χ1) is 13.7. The Labute approximate surface area is 166 Å². The van der Waals surface area contributed by atoms with Crippen LogP contribution in [0.15, 0.2) is 54.2 Å². The molecular weight excluding hydrogens is 378 g/mol. The highest BCUT2D eigenvalue weighted by Gasteiger charge is 2.13. The summed E-state index contributed by atoms with van der Waals surface area (Å²) in [5.41, 5.74) is 2.02. The van der Waals surface area contributed by atoms with Gasteiger partial charge in [-0.05, 0) is 31.2 Å². The largest absolute Gasteiger partial charge is 0.492 e. The lowest BCUT2D eigenvalue weighted by Crippen LogP contribution is -2.22. The quantitative estimate of drug-likeness (QED) is 0.587. The molecule has 0 aliphatic heterocycles. The van der Waals surface area contributed by atoms with Gasteiger partial charge >= 0.3 is 5.97 Å². The van der Waals surface area contributed by atoms with Crippen LogP contribution in [0.1, 0.15) is 12.6 Å². The molecule has 0 unspecified atom stereocenters. The van der Waals surface area contributed by atoms with Gasteiger partial charge in [0.05, 0.1) is 24.4 Å². The first-order valence-corrected chi connectivity index (χ1v) is 9.55. The fraction of sp³-hybridized carbons (Fsp3) is 0.200. The maximum Gasteiger partial charge on any atom is 0.312 e. The van der Waals surface area contributed by atoms with Gasteiger partial charge in [-0.3, -0.25) is 14.6 Å². The summed E-state index contributed by atoms with van der Waals surface area (Å²) in [5, 5.41) is 5.25. The minimum absolute atomic E-state index is 0.000422. The number of pyridine rings is 1. The molecule has 1 amide bonds. The summed E-state index contributed by atoms with van der Waals surface area (Å²) in [6, 6.07) is 10.8. The van der Waals surface area contributed by atoms with Gasteiger partial charge < -0.3 is 14.8 Å². The van der Waals surface area contributed by atoms with E-state index in [9.17, 15) is 9.59 Å². The van der Waals surface area contributed by atoms with Crippen LogP contribution in [0.5, 0.6) is 5.75 Å². The zero-order chi connectivity index (χ0) is 19.8. The van der Waals surface area contributed by atoms with Crippen LogP contribution in [0.25, 0.3) is 10.6 Å². The summed E-state index contributed by atoms with van der Waals surface area (Å²) >= 11 is 1.42. The molecule has 7 nitrogen and oxygen atoms in total. The molecule has 0 fully saturated rings. The van der Waals surface area contributed by atoms with Crippen LogP contribution < -0.4 is 10.1 Å². The highest BCUT2D eigenvalue weighted by molar-refractivity contribution is 7.13. The van der Waals surface area contributed by atoms with Crippen molar-refractivity contribution in [3.63, 3.8) is 0 Å². The number of hydrogen-bond donors (Lipinski definition) is 1. The van der Waals surface area contributed by atoms with E-state index in [1.165, 1.54) is 11.3 Å². The number of hydrogen-bond acceptors (Lipinski definition) is 7. The lowest BCUT2D eigenvalue weighted by atomic mass is 10.3. The Morgan fingerprint density at radius 1 is 1.18 bits per heavy atom. The number of amides is 1. The smallest absolute Gasteiger partial charge is 0.312 e. The normalized spacial score (nSPS) is 10.3. The van der Waals surface area contributed by atoms with Crippen molar-refractivity contribution >= 4 is 28.9 Å². The van der Waals surface area contributed by atoms with Crippen LogP contribution >= 0.6 is 11.3 Å². The highest BCUT2D eigenvalue weighted by Crippen LogP contribution is 2.24. The molecule has 0 aliphatic carbocycles. The van der Waals surface area contributed by atoms with Gasteiger partial charge in [-0.1, -0.05) is 12.1 Å². The summed E-state index contributed by atoms with van der Waals surface area (Å²) in [4.78, 5) is 32.5. The van der Waals surface area contributed by atoms with Crippen LogP contribution in [0, 0.1) is 0 Å². The zero-order valence-corrected chi connectivity index (χ0v) is 16.1. The number of anilines is 1. The third-order valence-electron chi connectivity index (χ3n) is 3.61. The van der Waals surface area contributed by atoms with Crippen molar-refractivity contribution in [2.75, 3.05) is 18.5 Å². The van der Waals surface area contributed by atoms with Crippen molar-refractivity contribution in [2.45, 2.75) is 13.3 Å². The molecule has 1 N–H and O–H groups in total. The number of nitrogens with zero attached hydrogens (tertiary/aromatic N) is 2. The topological polar surface area (TPSA) is 90.4 Å². The fourth-order valence-corrected chi connectivity index (χ4v) is 3.20. The summed E-state index contributed by atoms with van der Waals surface area (Å²) in [6.45, 7) is 1.97. The van der Waals surface area contributed by atoms with Gasteiger partial charge in [-0.2, -0.15) is 0 Å². The van der Waals surface area contributed by atoms with Crippen molar-refractivity contribution in [3.05, 3.63) is 59.9 Å². The van der Waals surface area contributed by atoms with E-state index in [1.807, 2.05) is 25.1 Å². The molecule has 0 saturated carbocycles. The molecule has 2 aromatic heterocycles. The molecule has 0 saturated heterocycles. The Kier molecular flexibility index (Phi) is 6.69. The molecular formula is C20H19N3O4S. The number of ether oxygens (including phenoxy) is 2. The standard InChI is InChI=1S/C20H19N3O4S/c1-2-26-17-8-4-3-7-16(17)23-18(24)12-27-19(25)10-15-13-28-20(22-15)14-6-5-9-21-11-14/h3-9,11,13H,2,10,12H2,1H3,(H,23,24). The minimum atomic E-state index is -0.517. The summed E-state index contributed by atoms with van der Waals surface area (Å²) in [6.07, 6.45) is 3.40. The fourth-order valence-electron chi connectivity index (χ4n) is 2.39. The van der Waals surface area contributed by atoms with Gasteiger partial charge in [0.25, 0.3) is 5.91 Å². The summed E-state index contributed by atoms with van der Waals surface area (Å²) in [5.74, 6) is -0.388. The van der Waals surface area contributed by atoms with Gasteiger partial charge in [0.2, 0.25) is 0 Å². The monoisotopic (exact) mass is 397 g/mol. The summed E-state index contributed by atoms with van der Waals surface area (Å²) in [7, 11) is 0. The summed E-state index contributed by atoms with van der Waals surface area (Å²) < 4.78 is 10.5. The number of carbonyl (C=O) groups excluding carboxylic acids is 2. The Morgan fingerprint density at radius 2 is 2.04 bits per heavy atom. The first kappa shape index (κ1) is 19.5. The molecule has 0 bridgehead atoms. The van der Waals surface area contributed by atoms with Crippen LogP contribution in [0.4, 0.5) is 5.69 Å². The number of rotatable bonds is 8. The van der Waals surface area contributed by atoms with Gasteiger partial charge in [0.15, 0.2) is 6.61 Å². The number of aromatic nitrogens is 2. The van der Waals surface area contributed by atoms with Crippen LogP contribution in [-0.4, -0.2) is 35.1 Å². The van der Waals surface area contributed by atoms with Gasteiger partial charge in [0.1, 0.15) is 10.8 Å². The Morgan fingerprint density at radius 3 is 2.82 bits per heavy atom. The predicted molar refractivity (Wildman–Crippen MR) is 106 cm³/mol. The van der Waals surface area contributed by atoms with E-state index in [2.05, 4.69) is 15.3 Å². The van der Waals surface area contributed by atoms with E-state index in [0.29, 0.717) is 23.7 Å². The lowest BCUT2D eigenvalue weighted by Gasteiger charge is -2.11. The van der Waals surface area contributed by atoms with Crippen molar-refractivity contribution in [3.8, 4) is 16.3 Å². The van der Waals surface area contributed by atoms with Crippen molar-refractivity contribution < 1.29 is 19.1 Å². The molecule has 28 heavy (non-hydrogen) atoms. The SMILES string of the molecule is CCOc1ccccc1NC(=O)COC(=O)Cc1csc(-c2cccnc2)n1. The molecule has 144 valence electrons. The molecule has 0 radical (unpaired) electrons. The maximum atomic E-state index is 12.1.